The van der Waals surface area contributed by atoms with E-state index >= 15 is 0 Å². The molecule has 47 heavy (non-hydrogen) atoms. The van der Waals surface area contributed by atoms with Gasteiger partial charge >= 0.3 is 12.4 Å². The molecular formula is C34H50F6O4SSi2. The van der Waals surface area contributed by atoms with Crippen LogP contribution in [0.1, 0.15) is 103 Å². The van der Waals surface area contributed by atoms with Gasteiger partial charge in [0.2, 0.25) is 0 Å². The van der Waals surface area contributed by atoms with E-state index in [0.717, 1.165) is 22.1 Å². The van der Waals surface area contributed by atoms with Gasteiger partial charge in [0.25, 0.3) is 5.60 Å². The molecule has 1 aromatic carbocycles. The second kappa shape index (κ2) is 14.9. The van der Waals surface area contributed by atoms with Gasteiger partial charge in [-0.3, -0.25) is 0 Å². The summed E-state index contributed by atoms with van der Waals surface area (Å²) >= 11 is 1.32. The highest BCUT2D eigenvalue weighted by molar-refractivity contribution is 7.13. The summed E-state index contributed by atoms with van der Waals surface area (Å²) < 4.78 is 97.5. The molecule has 0 aliphatic rings. The Bertz CT molecular complexity index is 1380. The van der Waals surface area contributed by atoms with Crippen molar-refractivity contribution in [2.75, 3.05) is 0 Å². The molecule has 0 unspecified atom stereocenters. The number of allylic oxidation sites excluding steroid dienone is 3. The van der Waals surface area contributed by atoms with Gasteiger partial charge in [0.05, 0.1) is 11.2 Å². The Hall–Kier alpha value is -1.91. The average Bonchev–Trinajstić information content (AvgIpc) is 3.38. The van der Waals surface area contributed by atoms with Crippen molar-refractivity contribution < 1.29 is 45.0 Å². The highest BCUT2D eigenvalue weighted by Gasteiger charge is 2.68. The molecule has 2 rings (SSSR count). The lowest BCUT2D eigenvalue weighted by Gasteiger charge is -2.37. The van der Waals surface area contributed by atoms with Crippen molar-refractivity contribution >= 4 is 36.4 Å². The Morgan fingerprint density at radius 2 is 1.28 bits per heavy atom. The number of thiophene rings is 1. The number of hydrogen-bond donors (Lipinski definition) is 1. The van der Waals surface area contributed by atoms with Crippen molar-refractivity contribution in [3.05, 3.63) is 69.4 Å². The molecule has 0 saturated carbocycles. The number of hydrogen-bond acceptors (Lipinski definition) is 5. The number of alkyl halides is 6. The van der Waals surface area contributed by atoms with E-state index in [1.54, 1.807) is 19.1 Å². The topological polar surface area (TPSA) is 47.9 Å². The van der Waals surface area contributed by atoms with Crippen LogP contribution in [0.5, 0.6) is 5.75 Å². The SMILES string of the molecule is CC/C(=C\C=C\C(O)(C(F)(F)F)C(F)(F)F)c1ccc(COc2ccc(C(C)(C)O[SiH2]C(C)(C)C)c(C(C)(C)O[SiH2]C(C)(C)C)c2)s1. The molecule has 2 aromatic rings. The highest BCUT2D eigenvalue weighted by Crippen LogP contribution is 2.44. The van der Waals surface area contributed by atoms with Gasteiger partial charge in [-0.15, -0.1) is 11.3 Å². The number of rotatable bonds is 13. The van der Waals surface area contributed by atoms with Crippen molar-refractivity contribution in [1.29, 1.82) is 0 Å². The average molecular weight is 725 g/mol. The van der Waals surface area contributed by atoms with Crippen LogP contribution in [0.3, 0.4) is 0 Å². The molecule has 1 N–H and O–H groups in total. The normalized spacial score (nSPS) is 15.2. The predicted octanol–water partition coefficient (Wildman–Crippen LogP) is 9.64. The maximum Gasteiger partial charge on any atom is 0.430 e. The molecule has 0 saturated heterocycles. The van der Waals surface area contributed by atoms with E-state index in [1.807, 2.05) is 18.2 Å². The quantitative estimate of drug-likeness (QED) is 0.127. The minimum atomic E-state index is -5.92. The summed E-state index contributed by atoms with van der Waals surface area (Å²) in [5.41, 5.74) is -3.57. The van der Waals surface area contributed by atoms with Crippen LogP contribution < -0.4 is 4.74 Å². The molecule has 0 bridgehead atoms. The first-order valence-electron chi connectivity index (χ1n) is 15.5. The van der Waals surface area contributed by atoms with Crippen molar-refractivity contribution in [3.8, 4) is 5.75 Å². The van der Waals surface area contributed by atoms with Crippen LogP contribution in [-0.4, -0.2) is 42.6 Å². The lowest BCUT2D eigenvalue weighted by molar-refractivity contribution is -0.347. The van der Waals surface area contributed by atoms with Gasteiger partial charge in [-0.2, -0.15) is 26.3 Å². The third kappa shape index (κ3) is 11.6. The van der Waals surface area contributed by atoms with Crippen molar-refractivity contribution in [2.45, 2.75) is 128 Å². The van der Waals surface area contributed by atoms with Crippen molar-refractivity contribution in [1.82, 2.24) is 0 Å². The van der Waals surface area contributed by atoms with E-state index in [1.165, 1.54) is 11.3 Å². The molecule has 0 radical (unpaired) electrons. The monoisotopic (exact) mass is 724 g/mol. The minimum absolute atomic E-state index is 0.0903. The first kappa shape index (κ1) is 41.3. The van der Waals surface area contributed by atoms with Crippen LogP contribution >= 0.6 is 11.3 Å². The summed E-state index contributed by atoms with van der Waals surface area (Å²) in [4.78, 5) is 1.48. The molecule has 0 aliphatic carbocycles. The first-order chi connectivity index (χ1) is 21.1. The second-order valence-corrected chi connectivity index (χ2v) is 21.7. The maximum atomic E-state index is 13.0. The summed E-state index contributed by atoms with van der Waals surface area (Å²) in [6.45, 7) is 23.3. The van der Waals surface area contributed by atoms with E-state index in [-0.39, 0.29) is 22.8 Å². The smallest absolute Gasteiger partial charge is 0.430 e. The third-order valence-corrected chi connectivity index (χ3v) is 11.9. The van der Waals surface area contributed by atoms with Crippen LogP contribution in [0.4, 0.5) is 26.3 Å². The number of halogens is 6. The zero-order chi connectivity index (χ0) is 36.3. The summed E-state index contributed by atoms with van der Waals surface area (Å²) in [5.74, 6) is 0.629. The Balaban J connectivity index is 2.36. The van der Waals surface area contributed by atoms with Crippen LogP contribution in [0.15, 0.2) is 48.6 Å². The maximum absolute atomic E-state index is 13.0. The van der Waals surface area contributed by atoms with Crippen LogP contribution in [0.25, 0.3) is 5.57 Å². The molecule has 0 fully saturated rings. The van der Waals surface area contributed by atoms with Gasteiger partial charge in [-0.25, -0.2) is 0 Å². The minimum Gasteiger partial charge on any atom is -0.488 e. The number of benzene rings is 1. The lowest BCUT2D eigenvalue weighted by atomic mass is 9.85. The van der Waals surface area contributed by atoms with E-state index in [0.29, 0.717) is 28.7 Å². The van der Waals surface area contributed by atoms with Crippen LogP contribution in [-0.2, 0) is 26.7 Å². The molecule has 266 valence electrons. The second-order valence-electron chi connectivity index (χ2n) is 15.1. The van der Waals surface area contributed by atoms with Gasteiger partial charge < -0.3 is 18.7 Å². The standard InChI is InChI=1S/C34H50F6O4SSi2/c1-12-22(14-13-19-32(41,33(35,36)37)34(38,39)40)27-18-16-24(45-27)21-42-23-15-17-25(30(8,9)43-46-28(2,3)4)26(20-23)31(10,11)44-47-29(5,6)7/h13-20,41H,12,21,46-47H2,1-11H3/b19-13+,22-14+. The van der Waals surface area contributed by atoms with E-state index in [9.17, 15) is 31.4 Å². The molecule has 0 spiro atoms. The predicted molar refractivity (Wildman–Crippen MR) is 184 cm³/mol. The molecule has 0 atom stereocenters. The number of ether oxygens (including phenoxy) is 1. The van der Waals surface area contributed by atoms with Crippen molar-refractivity contribution in [3.63, 3.8) is 0 Å². The summed E-state index contributed by atoms with van der Waals surface area (Å²) in [5, 5.41) is 9.59. The molecule has 4 nitrogen and oxygen atoms in total. The Morgan fingerprint density at radius 3 is 1.74 bits per heavy atom. The summed E-state index contributed by atoms with van der Waals surface area (Å²) in [6, 6.07) is 9.47. The summed E-state index contributed by atoms with van der Waals surface area (Å²) in [7, 11) is -1.76. The fourth-order valence-electron chi connectivity index (χ4n) is 4.40. The molecule has 0 amide bonds. The van der Waals surface area contributed by atoms with E-state index in [2.05, 4.69) is 69.2 Å². The Labute approximate surface area is 284 Å². The first-order valence-corrected chi connectivity index (χ1v) is 18.9. The third-order valence-electron chi connectivity index (χ3n) is 7.26. The van der Waals surface area contributed by atoms with Gasteiger partial charge in [-0.1, -0.05) is 66.7 Å². The van der Waals surface area contributed by atoms with Gasteiger partial charge in [0, 0.05) is 9.75 Å². The lowest BCUT2D eigenvalue weighted by Crippen LogP contribution is -2.55. The van der Waals surface area contributed by atoms with E-state index < -0.39 is 48.7 Å². The number of aliphatic hydroxyl groups is 1. The van der Waals surface area contributed by atoms with Gasteiger partial charge in [0.1, 0.15) is 12.4 Å². The molecule has 13 heteroatoms. The Morgan fingerprint density at radius 1 is 0.766 bits per heavy atom. The fourth-order valence-corrected chi connectivity index (χ4v) is 7.31. The molecule has 1 aromatic heterocycles. The Kier molecular flexibility index (Phi) is 13.1. The molecule has 1 heterocycles. The van der Waals surface area contributed by atoms with E-state index in [4.69, 9.17) is 13.6 Å². The van der Waals surface area contributed by atoms with Gasteiger partial charge in [-0.05, 0) is 91.2 Å². The fraction of sp³-hybridized carbons (Fsp3) is 0.588. The van der Waals surface area contributed by atoms with Gasteiger partial charge in [0.15, 0.2) is 19.5 Å². The zero-order valence-electron chi connectivity index (χ0n) is 29.3. The van der Waals surface area contributed by atoms with Crippen LogP contribution in [0.2, 0.25) is 10.1 Å². The zero-order valence-corrected chi connectivity index (χ0v) is 32.9. The highest BCUT2D eigenvalue weighted by atomic mass is 32.1. The van der Waals surface area contributed by atoms with Crippen molar-refractivity contribution in [2.24, 2.45) is 0 Å². The van der Waals surface area contributed by atoms with Crippen LogP contribution in [0, 0.1) is 0 Å². The molecule has 0 aliphatic heterocycles. The molecular weight excluding hydrogens is 675 g/mol. The summed E-state index contributed by atoms with van der Waals surface area (Å²) in [6.07, 6.45) is -10.0. The largest absolute Gasteiger partial charge is 0.488 e.